The van der Waals surface area contributed by atoms with E-state index in [0.717, 1.165) is 0 Å². The molecule has 1 rings (SSSR count). The van der Waals surface area contributed by atoms with Gasteiger partial charge in [0.05, 0.1) is 0 Å². The number of carbonyl (C=O) groups excluding carboxylic acids is 1. The summed E-state index contributed by atoms with van der Waals surface area (Å²) in [6, 6.07) is 3.06. The number of carboxylic acid groups (broad SMARTS) is 1. The van der Waals surface area contributed by atoms with E-state index >= 15 is 0 Å². The topological polar surface area (TPSA) is 75.6 Å². The van der Waals surface area contributed by atoms with Gasteiger partial charge in [0, 0.05) is 4.47 Å². The number of benzene rings is 1. The molecule has 0 heterocycles. The monoisotopic (exact) mass is 345 g/mol. The zero-order chi connectivity index (χ0) is 15.1. The summed E-state index contributed by atoms with van der Waals surface area (Å²) < 4.78 is 18.9. The molecule has 1 atom stereocenters. The summed E-state index contributed by atoms with van der Waals surface area (Å²) >= 11 is 3.09. The standard InChI is InChI=1S/C13H13BrFNO4/c1-2-3-10(13(18)19)16-12(17)7-20-11-5-4-8(14)6-9(11)15/h2,4-6,10H,1,3,7H2,(H,16,17)(H,18,19). The van der Waals surface area contributed by atoms with E-state index in [1.165, 1.54) is 18.2 Å². The molecule has 20 heavy (non-hydrogen) atoms. The van der Waals surface area contributed by atoms with Crippen LogP contribution in [-0.4, -0.2) is 29.6 Å². The number of hydrogen-bond donors (Lipinski definition) is 2. The summed E-state index contributed by atoms with van der Waals surface area (Å²) in [5, 5.41) is 11.1. The number of hydrogen-bond acceptors (Lipinski definition) is 3. The maximum absolute atomic E-state index is 13.4. The maximum atomic E-state index is 13.4. The van der Waals surface area contributed by atoms with Crippen molar-refractivity contribution >= 4 is 27.8 Å². The lowest BCUT2D eigenvalue weighted by atomic mass is 10.2. The van der Waals surface area contributed by atoms with Crippen molar-refractivity contribution in [3.8, 4) is 5.75 Å². The summed E-state index contributed by atoms with van der Waals surface area (Å²) in [4.78, 5) is 22.3. The van der Waals surface area contributed by atoms with Crippen molar-refractivity contribution in [2.45, 2.75) is 12.5 Å². The molecule has 7 heteroatoms. The molecule has 0 aliphatic heterocycles. The largest absolute Gasteiger partial charge is 0.481 e. The highest BCUT2D eigenvalue weighted by atomic mass is 79.9. The second kappa shape index (κ2) is 7.64. The van der Waals surface area contributed by atoms with Crippen LogP contribution in [0.4, 0.5) is 4.39 Å². The lowest BCUT2D eigenvalue weighted by molar-refractivity contribution is -0.142. The second-order valence-corrected chi connectivity index (χ2v) is 4.76. The normalized spacial score (nSPS) is 11.5. The Labute approximate surface area is 123 Å². The molecule has 1 aromatic carbocycles. The van der Waals surface area contributed by atoms with E-state index in [-0.39, 0.29) is 12.2 Å². The Hall–Kier alpha value is -1.89. The highest BCUT2D eigenvalue weighted by Gasteiger charge is 2.18. The molecule has 0 radical (unpaired) electrons. The van der Waals surface area contributed by atoms with E-state index in [2.05, 4.69) is 27.8 Å². The summed E-state index contributed by atoms with van der Waals surface area (Å²) in [5.74, 6) is -2.53. The third-order valence-electron chi connectivity index (χ3n) is 2.29. The van der Waals surface area contributed by atoms with Gasteiger partial charge in [-0.25, -0.2) is 9.18 Å². The molecule has 1 amide bonds. The van der Waals surface area contributed by atoms with Gasteiger partial charge >= 0.3 is 5.97 Å². The summed E-state index contributed by atoms with van der Waals surface area (Å²) in [7, 11) is 0. The smallest absolute Gasteiger partial charge is 0.326 e. The minimum atomic E-state index is -1.17. The first kappa shape index (κ1) is 16.2. The van der Waals surface area contributed by atoms with Crippen molar-refractivity contribution in [3.05, 3.63) is 41.1 Å². The number of ether oxygens (including phenoxy) is 1. The van der Waals surface area contributed by atoms with Crippen molar-refractivity contribution in [1.29, 1.82) is 0 Å². The van der Waals surface area contributed by atoms with E-state index in [1.807, 2.05) is 0 Å². The lowest BCUT2D eigenvalue weighted by Crippen LogP contribution is -2.42. The molecule has 0 aromatic heterocycles. The number of halogens is 2. The lowest BCUT2D eigenvalue weighted by Gasteiger charge is -2.13. The van der Waals surface area contributed by atoms with Gasteiger partial charge in [0.1, 0.15) is 6.04 Å². The van der Waals surface area contributed by atoms with Gasteiger partial charge in [-0.3, -0.25) is 4.79 Å². The van der Waals surface area contributed by atoms with Gasteiger partial charge < -0.3 is 15.2 Å². The number of amides is 1. The molecule has 5 nitrogen and oxygen atoms in total. The fourth-order valence-corrected chi connectivity index (χ4v) is 1.69. The molecule has 0 spiro atoms. The molecule has 0 aliphatic rings. The number of nitrogens with one attached hydrogen (secondary N) is 1. The van der Waals surface area contributed by atoms with Gasteiger partial charge in [-0.1, -0.05) is 22.0 Å². The molecular formula is C13H13BrFNO4. The minimum Gasteiger partial charge on any atom is -0.481 e. The highest BCUT2D eigenvalue weighted by molar-refractivity contribution is 9.10. The summed E-state index contributed by atoms with van der Waals surface area (Å²) in [6.45, 7) is 2.93. The molecule has 2 N–H and O–H groups in total. The van der Waals surface area contributed by atoms with Crippen molar-refractivity contribution < 1.29 is 23.8 Å². The van der Waals surface area contributed by atoms with Gasteiger partial charge in [0.2, 0.25) is 0 Å². The van der Waals surface area contributed by atoms with Gasteiger partial charge in [-0.05, 0) is 24.6 Å². The average Bonchev–Trinajstić information content (AvgIpc) is 2.37. The molecule has 1 aromatic rings. The van der Waals surface area contributed by atoms with Gasteiger partial charge in [-0.15, -0.1) is 6.58 Å². The van der Waals surface area contributed by atoms with Crippen LogP contribution >= 0.6 is 15.9 Å². The number of carbonyl (C=O) groups is 2. The fourth-order valence-electron chi connectivity index (χ4n) is 1.36. The first-order valence-corrected chi connectivity index (χ1v) is 6.44. The van der Waals surface area contributed by atoms with Crippen LogP contribution in [-0.2, 0) is 9.59 Å². The van der Waals surface area contributed by atoms with E-state index < -0.39 is 30.3 Å². The summed E-state index contributed by atoms with van der Waals surface area (Å²) in [5.41, 5.74) is 0. The van der Waals surface area contributed by atoms with Crippen LogP contribution in [0.1, 0.15) is 6.42 Å². The van der Waals surface area contributed by atoms with Crippen LogP contribution < -0.4 is 10.1 Å². The van der Waals surface area contributed by atoms with E-state index in [9.17, 15) is 14.0 Å². The number of rotatable bonds is 7. The van der Waals surface area contributed by atoms with E-state index in [4.69, 9.17) is 9.84 Å². The molecule has 108 valence electrons. The van der Waals surface area contributed by atoms with E-state index in [0.29, 0.717) is 4.47 Å². The quantitative estimate of drug-likeness (QED) is 0.742. The zero-order valence-electron chi connectivity index (χ0n) is 10.4. The van der Waals surface area contributed by atoms with Gasteiger partial charge in [-0.2, -0.15) is 0 Å². The predicted molar refractivity (Wildman–Crippen MR) is 74.0 cm³/mol. The first-order valence-electron chi connectivity index (χ1n) is 5.65. The minimum absolute atomic E-state index is 0.0843. The summed E-state index contributed by atoms with van der Waals surface area (Å²) in [6.07, 6.45) is 1.47. The Kier molecular flexibility index (Phi) is 6.17. The Bertz CT molecular complexity index is 521. The predicted octanol–water partition coefficient (Wildman–Crippen LogP) is 2.11. The number of carboxylic acids is 1. The molecule has 0 fully saturated rings. The van der Waals surface area contributed by atoms with Crippen LogP contribution in [0.15, 0.2) is 35.3 Å². The maximum Gasteiger partial charge on any atom is 0.326 e. The van der Waals surface area contributed by atoms with Crippen LogP contribution in [0.5, 0.6) is 5.75 Å². The van der Waals surface area contributed by atoms with Crippen molar-refractivity contribution in [2.75, 3.05) is 6.61 Å². The molecule has 0 bridgehead atoms. The van der Waals surface area contributed by atoms with Crippen molar-refractivity contribution in [2.24, 2.45) is 0 Å². The Morgan fingerprint density at radius 3 is 2.80 bits per heavy atom. The third-order valence-corrected chi connectivity index (χ3v) is 2.78. The van der Waals surface area contributed by atoms with Crippen LogP contribution in [0.3, 0.4) is 0 Å². The molecule has 0 aliphatic carbocycles. The van der Waals surface area contributed by atoms with Gasteiger partial charge in [0.15, 0.2) is 18.2 Å². The van der Waals surface area contributed by atoms with Gasteiger partial charge in [0.25, 0.3) is 5.91 Å². The van der Waals surface area contributed by atoms with Crippen LogP contribution in [0.2, 0.25) is 0 Å². The SMILES string of the molecule is C=CCC(NC(=O)COc1ccc(Br)cc1F)C(=O)O. The Morgan fingerprint density at radius 1 is 1.55 bits per heavy atom. The molecule has 1 unspecified atom stereocenters. The van der Waals surface area contributed by atoms with Crippen LogP contribution in [0, 0.1) is 5.82 Å². The molecular weight excluding hydrogens is 333 g/mol. The van der Waals surface area contributed by atoms with Crippen LogP contribution in [0.25, 0.3) is 0 Å². The Morgan fingerprint density at radius 2 is 2.25 bits per heavy atom. The second-order valence-electron chi connectivity index (χ2n) is 3.85. The highest BCUT2D eigenvalue weighted by Crippen LogP contribution is 2.21. The zero-order valence-corrected chi connectivity index (χ0v) is 12.0. The van der Waals surface area contributed by atoms with Crippen molar-refractivity contribution in [3.63, 3.8) is 0 Å². The van der Waals surface area contributed by atoms with Crippen molar-refractivity contribution in [1.82, 2.24) is 5.32 Å². The molecule has 0 saturated carbocycles. The average molecular weight is 346 g/mol. The third kappa shape index (κ3) is 5.00. The first-order chi connectivity index (χ1) is 9.43. The van der Waals surface area contributed by atoms with E-state index in [1.54, 1.807) is 6.07 Å². The Balaban J connectivity index is 2.54. The number of aliphatic carboxylic acids is 1. The fraction of sp³-hybridized carbons (Fsp3) is 0.231. The molecule has 0 saturated heterocycles.